The molecule has 0 saturated heterocycles. The van der Waals surface area contributed by atoms with E-state index in [1.807, 2.05) is 55.5 Å². The quantitative estimate of drug-likeness (QED) is 0.870. The topological polar surface area (TPSA) is 29.1 Å². The Morgan fingerprint density at radius 2 is 1.39 bits per heavy atom. The Bertz CT molecular complexity index is 544. The molecule has 18 heavy (non-hydrogen) atoms. The van der Waals surface area contributed by atoms with Crippen LogP contribution in [0, 0.1) is 0 Å². The van der Waals surface area contributed by atoms with E-state index in [4.69, 9.17) is 0 Å². The molecule has 1 amide bonds. The molecule has 0 radical (unpaired) electrons. The monoisotopic (exact) mass is 237 g/mol. The summed E-state index contributed by atoms with van der Waals surface area (Å²) in [6, 6.07) is 19.1. The molecule has 90 valence electrons. The Labute approximate surface area is 107 Å². The molecule has 0 aliphatic rings. The summed E-state index contributed by atoms with van der Waals surface area (Å²) in [5, 5.41) is 2.80. The summed E-state index contributed by atoms with van der Waals surface area (Å²) in [6.45, 7) is 1.97. The van der Waals surface area contributed by atoms with Gasteiger partial charge in [-0.15, -0.1) is 0 Å². The number of benzene rings is 2. The van der Waals surface area contributed by atoms with Gasteiger partial charge >= 0.3 is 0 Å². The highest BCUT2D eigenvalue weighted by Gasteiger charge is 2.02. The van der Waals surface area contributed by atoms with Gasteiger partial charge in [-0.25, -0.2) is 0 Å². The number of carbonyl (C=O) groups is 1. The van der Waals surface area contributed by atoms with Gasteiger partial charge in [-0.3, -0.25) is 4.79 Å². The molecule has 2 rings (SSSR count). The van der Waals surface area contributed by atoms with Crippen LogP contribution >= 0.6 is 0 Å². The van der Waals surface area contributed by atoms with Gasteiger partial charge in [0.1, 0.15) is 0 Å². The van der Waals surface area contributed by atoms with Crippen molar-refractivity contribution in [3.8, 4) is 0 Å². The van der Waals surface area contributed by atoms with Crippen molar-refractivity contribution in [3.63, 3.8) is 0 Å². The van der Waals surface area contributed by atoms with E-state index in [0.717, 1.165) is 11.1 Å². The second kappa shape index (κ2) is 5.82. The number of amides is 1. The first-order valence-electron chi connectivity index (χ1n) is 5.85. The summed E-state index contributed by atoms with van der Waals surface area (Å²) in [7, 11) is 0. The maximum absolute atomic E-state index is 11.8. The molecule has 0 aliphatic heterocycles. The predicted octanol–water partition coefficient (Wildman–Crippen LogP) is 3.48. The summed E-state index contributed by atoms with van der Waals surface area (Å²) in [5.41, 5.74) is 2.79. The van der Waals surface area contributed by atoms with Crippen LogP contribution in [0.1, 0.15) is 22.8 Å². The normalized spacial score (nSPS) is 11.1. The van der Waals surface area contributed by atoms with Crippen LogP contribution in [0.3, 0.4) is 0 Å². The van der Waals surface area contributed by atoms with Gasteiger partial charge in [0.2, 0.25) is 0 Å². The van der Waals surface area contributed by atoms with Gasteiger partial charge in [-0.2, -0.15) is 0 Å². The fourth-order valence-electron chi connectivity index (χ4n) is 1.63. The third-order valence-corrected chi connectivity index (χ3v) is 2.68. The molecule has 2 heteroatoms. The SMILES string of the molecule is C/C(=C/NC(=O)c1ccccc1)c1ccccc1. The number of carbonyl (C=O) groups excluding carboxylic acids is 1. The van der Waals surface area contributed by atoms with Crippen molar-refractivity contribution in [1.29, 1.82) is 0 Å². The second-order valence-corrected chi connectivity index (χ2v) is 4.03. The maximum Gasteiger partial charge on any atom is 0.255 e. The number of rotatable bonds is 3. The van der Waals surface area contributed by atoms with Gasteiger partial charge in [-0.1, -0.05) is 48.5 Å². The minimum absolute atomic E-state index is 0.0918. The van der Waals surface area contributed by atoms with Crippen molar-refractivity contribution in [2.24, 2.45) is 0 Å². The highest BCUT2D eigenvalue weighted by atomic mass is 16.1. The molecule has 0 fully saturated rings. The first-order chi connectivity index (χ1) is 8.77. The van der Waals surface area contributed by atoms with Crippen LogP contribution < -0.4 is 5.32 Å². The minimum Gasteiger partial charge on any atom is -0.328 e. The molecular formula is C16H15NO. The van der Waals surface area contributed by atoms with Gasteiger partial charge in [-0.05, 0) is 30.2 Å². The van der Waals surface area contributed by atoms with E-state index in [0.29, 0.717) is 5.56 Å². The predicted molar refractivity (Wildman–Crippen MR) is 74.0 cm³/mol. The summed E-state index contributed by atoms with van der Waals surface area (Å²) >= 11 is 0. The van der Waals surface area contributed by atoms with E-state index in [-0.39, 0.29) is 5.91 Å². The van der Waals surface area contributed by atoms with Crippen LogP contribution in [0.15, 0.2) is 66.9 Å². The first kappa shape index (κ1) is 12.1. The summed E-state index contributed by atoms with van der Waals surface area (Å²) in [5.74, 6) is -0.0918. The highest BCUT2D eigenvalue weighted by molar-refractivity contribution is 5.95. The average Bonchev–Trinajstić information content (AvgIpc) is 2.46. The highest BCUT2D eigenvalue weighted by Crippen LogP contribution is 2.11. The number of hydrogen-bond donors (Lipinski definition) is 1. The smallest absolute Gasteiger partial charge is 0.255 e. The van der Waals surface area contributed by atoms with Gasteiger partial charge in [0, 0.05) is 11.8 Å². The molecule has 2 aromatic rings. The molecule has 0 heterocycles. The molecule has 0 bridgehead atoms. The minimum atomic E-state index is -0.0918. The van der Waals surface area contributed by atoms with Gasteiger partial charge in [0.25, 0.3) is 5.91 Å². The standard InChI is InChI=1S/C16H15NO/c1-13(14-8-4-2-5-9-14)12-17-16(18)15-10-6-3-7-11-15/h2-12H,1H3,(H,17,18)/b13-12-. The van der Waals surface area contributed by atoms with E-state index in [1.165, 1.54) is 0 Å². The maximum atomic E-state index is 11.8. The van der Waals surface area contributed by atoms with Gasteiger partial charge in [0.05, 0.1) is 0 Å². The Morgan fingerprint density at radius 1 is 0.889 bits per heavy atom. The van der Waals surface area contributed by atoms with Crippen LogP contribution in [0.2, 0.25) is 0 Å². The molecule has 2 nitrogen and oxygen atoms in total. The second-order valence-electron chi connectivity index (χ2n) is 4.03. The number of nitrogens with one attached hydrogen (secondary N) is 1. The van der Waals surface area contributed by atoms with E-state index < -0.39 is 0 Å². The largest absolute Gasteiger partial charge is 0.328 e. The average molecular weight is 237 g/mol. The lowest BCUT2D eigenvalue weighted by atomic mass is 10.1. The Balaban J connectivity index is 2.05. The molecule has 2 aromatic carbocycles. The van der Waals surface area contributed by atoms with Crippen molar-refractivity contribution < 1.29 is 4.79 Å². The van der Waals surface area contributed by atoms with Crippen LogP contribution in [0.25, 0.3) is 5.57 Å². The Morgan fingerprint density at radius 3 is 1.94 bits per heavy atom. The zero-order valence-electron chi connectivity index (χ0n) is 10.3. The number of hydrogen-bond acceptors (Lipinski definition) is 1. The lowest BCUT2D eigenvalue weighted by Gasteiger charge is -2.03. The fourth-order valence-corrected chi connectivity index (χ4v) is 1.63. The first-order valence-corrected chi connectivity index (χ1v) is 5.85. The van der Waals surface area contributed by atoms with Crippen LogP contribution in [0.5, 0.6) is 0 Å². The molecule has 0 aromatic heterocycles. The molecule has 0 atom stereocenters. The van der Waals surface area contributed by atoms with Gasteiger partial charge in [0.15, 0.2) is 0 Å². The molecule has 0 spiro atoms. The molecule has 0 aliphatic carbocycles. The van der Waals surface area contributed by atoms with E-state index in [9.17, 15) is 4.79 Å². The zero-order chi connectivity index (χ0) is 12.8. The third kappa shape index (κ3) is 3.08. The Hall–Kier alpha value is -2.35. The van der Waals surface area contributed by atoms with E-state index >= 15 is 0 Å². The fraction of sp³-hybridized carbons (Fsp3) is 0.0625. The van der Waals surface area contributed by atoms with Crippen molar-refractivity contribution in [2.75, 3.05) is 0 Å². The van der Waals surface area contributed by atoms with Crippen LogP contribution in [-0.2, 0) is 0 Å². The molecule has 0 unspecified atom stereocenters. The van der Waals surface area contributed by atoms with E-state index in [2.05, 4.69) is 5.32 Å². The van der Waals surface area contributed by atoms with Crippen molar-refractivity contribution >= 4 is 11.5 Å². The van der Waals surface area contributed by atoms with E-state index in [1.54, 1.807) is 18.3 Å². The zero-order valence-corrected chi connectivity index (χ0v) is 10.3. The lowest BCUT2D eigenvalue weighted by Crippen LogP contribution is -2.17. The molecular weight excluding hydrogens is 222 g/mol. The molecule has 0 saturated carbocycles. The van der Waals surface area contributed by atoms with Crippen LogP contribution in [-0.4, -0.2) is 5.91 Å². The van der Waals surface area contributed by atoms with Crippen molar-refractivity contribution in [2.45, 2.75) is 6.92 Å². The summed E-state index contributed by atoms with van der Waals surface area (Å²) in [6.07, 6.45) is 1.74. The third-order valence-electron chi connectivity index (χ3n) is 2.68. The van der Waals surface area contributed by atoms with Gasteiger partial charge < -0.3 is 5.32 Å². The summed E-state index contributed by atoms with van der Waals surface area (Å²) < 4.78 is 0. The summed E-state index contributed by atoms with van der Waals surface area (Å²) in [4.78, 5) is 11.8. The van der Waals surface area contributed by atoms with Crippen molar-refractivity contribution in [1.82, 2.24) is 5.32 Å². The van der Waals surface area contributed by atoms with Crippen LogP contribution in [0.4, 0.5) is 0 Å². The Kier molecular flexibility index (Phi) is 3.92. The van der Waals surface area contributed by atoms with Crippen molar-refractivity contribution in [3.05, 3.63) is 78.0 Å². The molecule has 1 N–H and O–H groups in total. The lowest BCUT2D eigenvalue weighted by molar-refractivity contribution is 0.0970. The number of allylic oxidation sites excluding steroid dienone is 1.